The Morgan fingerprint density at radius 2 is 2.37 bits per heavy atom. The molecular formula is C12H16N2O3S2. The van der Waals surface area contributed by atoms with Crippen molar-refractivity contribution in [3.8, 4) is 0 Å². The number of hydrogen-bond donors (Lipinski definition) is 2. The number of carbonyl (C=O) groups excluding carboxylic acids is 1. The molecule has 1 aromatic heterocycles. The Balaban J connectivity index is 2.01. The topological polar surface area (TPSA) is 69.6 Å². The summed E-state index contributed by atoms with van der Waals surface area (Å²) in [5.74, 6) is -0.138. The number of aliphatic carboxylic acids is 1. The number of hydrogen-bond acceptors (Lipinski definition) is 4. The molecule has 2 heterocycles. The molecule has 7 heteroatoms. The van der Waals surface area contributed by atoms with E-state index in [1.807, 2.05) is 11.8 Å². The molecule has 1 aliphatic rings. The minimum absolute atomic E-state index is 0.298. The molecule has 0 saturated carbocycles. The second-order valence-corrected chi connectivity index (χ2v) is 6.89. The number of nitrogens with one attached hydrogen (secondary N) is 1. The minimum atomic E-state index is -1.03. The first-order valence-corrected chi connectivity index (χ1v) is 7.94. The molecule has 104 valence electrons. The van der Waals surface area contributed by atoms with Gasteiger partial charge >= 0.3 is 12.0 Å². The predicted octanol–water partition coefficient (Wildman–Crippen LogP) is 2.02. The summed E-state index contributed by atoms with van der Waals surface area (Å²) in [7, 11) is 0. The van der Waals surface area contributed by atoms with Gasteiger partial charge in [0.05, 0.1) is 0 Å². The molecule has 0 bridgehead atoms. The molecule has 1 aromatic rings. The first-order chi connectivity index (χ1) is 9.08. The summed E-state index contributed by atoms with van der Waals surface area (Å²) in [5.41, 5.74) is 0. The molecule has 2 atom stereocenters. The van der Waals surface area contributed by atoms with Crippen LogP contribution in [0.25, 0.3) is 0 Å². The standard InChI is InChI=1S/C12H16N2O3S2/c1-8-7-14(4-6-18-8)12(17)13-10(11(15)16)9-3-2-5-19-9/h2-3,5,8,10H,4,6-7H2,1H3,(H,13,17)(H,15,16). The van der Waals surface area contributed by atoms with Crippen LogP contribution in [0.4, 0.5) is 4.79 Å². The number of thioether (sulfide) groups is 1. The molecule has 2 unspecified atom stereocenters. The van der Waals surface area contributed by atoms with Crippen molar-refractivity contribution in [3.63, 3.8) is 0 Å². The Morgan fingerprint density at radius 3 is 2.95 bits per heavy atom. The fourth-order valence-corrected chi connectivity index (χ4v) is 3.71. The van der Waals surface area contributed by atoms with Gasteiger partial charge in [-0.25, -0.2) is 9.59 Å². The summed E-state index contributed by atoms with van der Waals surface area (Å²) < 4.78 is 0. The van der Waals surface area contributed by atoms with Crippen LogP contribution >= 0.6 is 23.1 Å². The summed E-state index contributed by atoms with van der Waals surface area (Å²) in [6, 6.07) is 2.24. The summed E-state index contributed by atoms with van der Waals surface area (Å²) in [5, 5.41) is 14.0. The van der Waals surface area contributed by atoms with Gasteiger partial charge in [-0.05, 0) is 11.4 Å². The monoisotopic (exact) mass is 300 g/mol. The molecule has 5 nitrogen and oxygen atoms in total. The SMILES string of the molecule is CC1CN(C(=O)NC(C(=O)O)c2cccs2)CCS1. The van der Waals surface area contributed by atoms with Crippen molar-refractivity contribution >= 4 is 35.1 Å². The average molecular weight is 300 g/mol. The van der Waals surface area contributed by atoms with E-state index in [9.17, 15) is 14.7 Å². The van der Waals surface area contributed by atoms with Crippen molar-refractivity contribution in [3.05, 3.63) is 22.4 Å². The van der Waals surface area contributed by atoms with Crippen LogP contribution in [0.3, 0.4) is 0 Å². The van der Waals surface area contributed by atoms with Gasteiger partial charge in [-0.2, -0.15) is 11.8 Å². The molecule has 2 rings (SSSR count). The van der Waals surface area contributed by atoms with Crippen molar-refractivity contribution < 1.29 is 14.7 Å². The van der Waals surface area contributed by atoms with Gasteiger partial charge in [0, 0.05) is 29.0 Å². The zero-order valence-corrected chi connectivity index (χ0v) is 12.2. The fraction of sp³-hybridized carbons (Fsp3) is 0.500. The number of carbonyl (C=O) groups is 2. The molecule has 0 aliphatic carbocycles. The maximum atomic E-state index is 12.1. The van der Waals surface area contributed by atoms with Gasteiger partial charge in [-0.15, -0.1) is 11.3 Å². The van der Waals surface area contributed by atoms with Crippen molar-refractivity contribution in [2.75, 3.05) is 18.8 Å². The second kappa shape index (κ2) is 6.29. The largest absolute Gasteiger partial charge is 0.479 e. The predicted molar refractivity (Wildman–Crippen MR) is 76.7 cm³/mol. The molecule has 1 aliphatic heterocycles. The summed E-state index contributed by atoms with van der Waals surface area (Å²) in [6.45, 7) is 3.39. The van der Waals surface area contributed by atoms with Crippen molar-refractivity contribution in [1.82, 2.24) is 10.2 Å². The third-order valence-electron chi connectivity index (χ3n) is 2.87. The van der Waals surface area contributed by atoms with Gasteiger partial charge in [0.25, 0.3) is 0 Å². The second-order valence-electron chi connectivity index (χ2n) is 4.36. The summed E-state index contributed by atoms with van der Waals surface area (Å²) in [6.07, 6.45) is 0. The maximum absolute atomic E-state index is 12.1. The van der Waals surface area contributed by atoms with E-state index in [-0.39, 0.29) is 6.03 Å². The highest BCUT2D eigenvalue weighted by atomic mass is 32.2. The van der Waals surface area contributed by atoms with Crippen LogP contribution in [0.2, 0.25) is 0 Å². The average Bonchev–Trinajstić information content (AvgIpc) is 2.88. The van der Waals surface area contributed by atoms with Crippen LogP contribution in [-0.4, -0.2) is 46.1 Å². The number of rotatable bonds is 3. The van der Waals surface area contributed by atoms with Gasteiger partial charge in [0.2, 0.25) is 0 Å². The maximum Gasteiger partial charge on any atom is 0.331 e. The molecule has 0 spiro atoms. The van der Waals surface area contributed by atoms with Crippen LogP contribution in [0.1, 0.15) is 17.8 Å². The van der Waals surface area contributed by atoms with Crippen LogP contribution in [0, 0.1) is 0 Å². The number of nitrogens with zero attached hydrogens (tertiary/aromatic N) is 1. The Bertz CT molecular complexity index is 450. The lowest BCUT2D eigenvalue weighted by Gasteiger charge is -2.31. The summed E-state index contributed by atoms with van der Waals surface area (Å²) >= 11 is 3.16. The Kier molecular flexibility index (Phi) is 4.71. The van der Waals surface area contributed by atoms with Gasteiger partial charge < -0.3 is 15.3 Å². The van der Waals surface area contributed by atoms with Crippen molar-refractivity contribution in [2.45, 2.75) is 18.2 Å². The van der Waals surface area contributed by atoms with Gasteiger partial charge in [0.15, 0.2) is 6.04 Å². The zero-order chi connectivity index (χ0) is 13.8. The number of carboxylic acid groups (broad SMARTS) is 1. The van der Waals surface area contributed by atoms with Crippen molar-refractivity contribution in [1.29, 1.82) is 0 Å². The molecule has 2 N–H and O–H groups in total. The highest BCUT2D eigenvalue weighted by Gasteiger charge is 2.27. The molecule has 0 aromatic carbocycles. The molecule has 19 heavy (non-hydrogen) atoms. The minimum Gasteiger partial charge on any atom is -0.479 e. The van der Waals surface area contributed by atoms with Gasteiger partial charge in [-0.3, -0.25) is 0 Å². The van der Waals surface area contributed by atoms with E-state index in [2.05, 4.69) is 12.2 Å². The van der Waals surface area contributed by atoms with E-state index in [1.165, 1.54) is 11.3 Å². The molecule has 2 amide bonds. The molecule has 0 radical (unpaired) electrons. The van der Waals surface area contributed by atoms with Crippen LogP contribution in [-0.2, 0) is 4.79 Å². The Hall–Kier alpha value is -1.21. The third kappa shape index (κ3) is 3.63. The highest BCUT2D eigenvalue weighted by Crippen LogP contribution is 2.21. The lowest BCUT2D eigenvalue weighted by Crippen LogP contribution is -2.48. The Morgan fingerprint density at radius 1 is 1.58 bits per heavy atom. The highest BCUT2D eigenvalue weighted by molar-refractivity contribution is 7.99. The summed E-state index contributed by atoms with van der Waals surface area (Å²) in [4.78, 5) is 25.7. The first-order valence-electron chi connectivity index (χ1n) is 6.01. The fourth-order valence-electron chi connectivity index (χ4n) is 1.93. The molecule has 1 fully saturated rings. The number of amides is 2. The van der Waals surface area contributed by atoms with E-state index in [1.54, 1.807) is 22.4 Å². The quantitative estimate of drug-likeness (QED) is 0.896. The van der Waals surface area contributed by atoms with E-state index < -0.39 is 12.0 Å². The lowest BCUT2D eigenvalue weighted by molar-refractivity contribution is -0.139. The smallest absolute Gasteiger partial charge is 0.331 e. The van der Waals surface area contributed by atoms with Gasteiger partial charge in [-0.1, -0.05) is 13.0 Å². The number of thiophene rings is 1. The number of urea groups is 1. The zero-order valence-electron chi connectivity index (χ0n) is 10.5. The third-order valence-corrected chi connectivity index (χ3v) is 4.94. The molecule has 1 saturated heterocycles. The van der Waals surface area contributed by atoms with Crippen LogP contribution in [0.15, 0.2) is 17.5 Å². The Labute approximate surface area is 120 Å². The lowest BCUT2D eigenvalue weighted by atomic mass is 10.2. The van der Waals surface area contributed by atoms with E-state index in [0.717, 1.165) is 5.75 Å². The first kappa shape index (κ1) is 14.2. The number of carboxylic acids is 1. The molecular weight excluding hydrogens is 284 g/mol. The van der Waals surface area contributed by atoms with Crippen LogP contribution in [0.5, 0.6) is 0 Å². The van der Waals surface area contributed by atoms with Crippen LogP contribution < -0.4 is 5.32 Å². The van der Waals surface area contributed by atoms with Crippen molar-refractivity contribution in [2.24, 2.45) is 0 Å². The van der Waals surface area contributed by atoms with Gasteiger partial charge in [0.1, 0.15) is 0 Å². The van der Waals surface area contributed by atoms with E-state index in [4.69, 9.17) is 0 Å². The normalized spacial score (nSPS) is 20.9. The van der Waals surface area contributed by atoms with E-state index in [0.29, 0.717) is 23.2 Å². The van der Waals surface area contributed by atoms with E-state index >= 15 is 0 Å².